The Labute approximate surface area is 92.8 Å². The van der Waals surface area contributed by atoms with E-state index < -0.39 is 11.9 Å². The summed E-state index contributed by atoms with van der Waals surface area (Å²) in [5, 5.41) is 8.56. The molecule has 0 aliphatic rings. The zero-order valence-electron chi connectivity index (χ0n) is 9.03. The highest BCUT2D eigenvalue weighted by Gasteiger charge is 2.11. The summed E-state index contributed by atoms with van der Waals surface area (Å²) in [4.78, 5) is 12.5. The first-order chi connectivity index (χ1) is 7.54. The Morgan fingerprint density at radius 2 is 2.25 bits per heavy atom. The number of ether oxygens (including phenoxy) is 1. The highest BCUT2D eigenvalue weighted by Crippen LogP contribution is 2.20. The van der Waals surface area contributed by atoms with E-state index in [1.165, 1.54) is 31.1 Å². The van der Waals surface area contributed by atoms with Crippen LogP contribution < -0.4 is 4.74 Å². The first-order valence-electron chi connectivity index (χ1n) is 4.59. The van der Waals surface area contributed by atoms with Crippen molar-refractivity contribution in [2.75, 3.05) is 14.1 Å². The highest BCUT2D eigenvalue weighted by molar-refractivity contribution is 5.70. The molecule has 84 valence electrons. The van der Waals surface area contributed by atoms with Gasteiger partial charge in [-0.2, -0.15) is 5.26 Å². The average Bonchev–Trinajstić information content (AvgIpc) is 2.22. The number of benzene rings is 1. The molecular formula is C11H11FN2O2. The van der Waals surface area contributed by atoms with Crippen LogP contribution in [0.4, 0.5) is 9.18 Å². The molecule has 0 spiro atoms. The SMILES string of the molecule is CN(C)C(=O)Oc1cc(F)ccc1CC#N. The monoisotopic (exact) mass is 222 g/mol. The second-order valence-corrected chi connectivity index (χ2v) is 3.35. The molecule has 4 nitrogen and oxygen atoms in total. The van der Waals surface area contributed by atoms with Crippen LogP contribution in [-0.2, 0) is 6.42 Å². The van der Waals surface area contributed by atoms with Crippen LogP contribution in [0.3, 0.4) is 0 Å². The van der Waals surface area contributed by atoms with Gasteiger partial charge >= 0.3 is 6.09 Å². The lowest BCUT2D eigenvalue weighted by atomic mass is 10.1. The van der Waals surface area contributed by atoms with Crippen LogP contribution in [0.2, 0.25) is 0 Å². The fourth-order valence-electron chi connectivity index (χ4n) is 1.04. The van der Waals surface area contributed by atoms with E-state index in [-0.39, 0.29) is 12.2 Å². The summed E-state index contributed by atoms with van der Waals surface area (Å²) in [5.74, 6) is -0.427. The van der Waals surface area contributed by atoms with Crippen LogP contribution in [-0.4, -0.2) is 25.1 Å². The molecule has 16 heavy (non-hydrogen) atoms. The second kappa shape index (κ2) is 5.12. The quantitative estimate of drug-likeness (QED) is 0.768. The molecule has 0 N–H and O–H groups in total. The molecule has 0 radical (unpaired) electrons. The minimum absolute atomic E-state index is 0.0658. The van der Waals surface area contributed by atoms with E-state index in [1.54, 1.807) is 0 Å². The Bertz CT molecular complexity index is 438. The van der Waals surface area contributed by atoms with Crippen molar-refractivity contribution >= 4 is 6.09 Å². The summed E-state index contributed by atoms with van der Waals surface area (Å²) < 4.78 is 17.9. The fraction of sp³-hybridized carbons (Fsp3) is 0.273. The summed E-state index contributed by atoms with van der Waals surface area (Å²) in [6.07, 6.45) is -0.541. The second-order valence-electron chi connectivity index (χ2n) is 3.35. The van der Waals surface area contributed by atoms with Crippen molar-refractivity contribution < 1.29 is 13.9 Å². The van der Waals surface area contributed by atoms with E-state index in [2.05, 4.69) is 0 Å². The van der Waals surface area contributed by atoms with Crippen molar-refractivity contribution in [2.24, 2.45) is 0 Å². The molecule has 0 heterocycles. The topological polar surface area (TPSA) is 53.3 Å². The lowest BCUT2D eigenvalue weighted by Crippen LogP contribution is -2.25. The van der Waals surface area contributed by atoms with Gasteiger partial charge in [-0.1, -0.05) is 6.07 Å². The standard InChI is InChI=1S/C11H11FN2O2/c1-14(2)11(15)16-10-7-9(12)4-3-8(10)5-6-13/h3-4,7H,5H2,1-2H3. The van der Waals surface area contributed by atoms with Gasteiger partial charge in [-0.25, -0.2) is 9.18 Å². The molecule has 0 saturated carbocycles. The fourth-order valence-corrected chi connectivity index (χ4v) is 1.04. The molecule has 0 atom stereocenters. The molecule has 0 aromatic heterocycles. The lowest BCUT2D eigenvalue weighted by molar-refractivity contribution is 0.171. The summed E-state index contributed by atoms with van der Waals surface area (Å²) in [5.41, 5.74) is 0.485. The molecule has 0 aliphatic heterocycles. The Kier molecular flexibility index (Phi) is 3.84. The Balaban J connectivity index is 2.97. The highest BCUT2D eigenvalue weighted by atomic mass is 19.1. The van der Waals surface area contributed by atoms with E-state index in [0.717, 1.165) is 6.07 Å². The summed E-state index contributed by atoms with van der Waals surface area (Å²) in [6, 6.07) is 5.66. The summed E-state index contributed by atoms with van der Waals surface area (Å²) >= 11 is 0. The normalized spacial score (nSPS) is 9.38. The zero-order valence-corrected chi connectivity index (χ0v) is 9.03. The predicted octanol–water partition coefficient (Wildman–Crippen LogP) is 1.95. The average molecular weight is 222 g/mol. The summed E-state index contributed by atoms with van der Waals surface area (Å²) in [7, 11) is 3.04. The van der Waals surface area contributed by atoms with Crippen LogP contribution in [0.1, 0.15) is 5.56 Å². The maximum absolute atomic E-state index is 13.0. The van der Waals surface area contributed by atoms with Gasteiger partial charge in [0.2, 0.25) is 0 Å². The van der Waals surface area contributed by atoms with Crippen molar-refractivity contribution in [3.8, 4) is 11.8 Å². The number of hydrogen-bond donors (Lipinski definition) is 0. The van der Waals surface area contributed by atoms with E-state index in [1.807, 2.05) is 6.07 Å². The molecule has 1 rings (SSSR count). The molecule has 0 unspecified atom stereocenters. The molecule has 5 heteroatoms. The van der Waals surface area contributed by atoms with Gasteiger partial charge in [0, 0.05) is 25.7 Å². The maximum Gasteiger partial charge on any atom is 0.414 e. The predicted molar refractivity (Wildman–Crippen MR) is 55.4 cm³/mol. The molecule has 0 fully saturated rings. The van der Waals surface area contributed by atoms with Gasteiger partial charge in [0.15, 0.2) is 0 Å². The Morgan fingerprint density at radius 1 is 1.56 bits per heavy atom. The van der Waals surface area contributed by atoms with Crippen LogP contribution in [0.5, 0.6) is 5.75 Å². The van der Waals surface area contributed by atoms with Crippen molar-refractivity contribution in [1.82, 2.24) is 4.90 Å². The third kappa shape index (κ3) is 2.95. The van der Waals surface area contributed by atoms with E-state index in [0.29, 0.717) is 5.56 Å². The number of amides is 1. The number of nitriles is 1. The van der Waals surface area contributed by atoms with Crippen LogP contribution >= 0.6 is 0 Å². The number of hydrogen-bond acceptors (Lipinski definition) is 3. The van der Waals surface area contributed by atoms with Crippen LogP contribution in [0.15, 0.2) is 18.2 Å². The molecule has 1 aromatic rings. The number of halogens is 1. The van der Waals surface area contributed by atoms with E-state index >= 15 is 0 Å². The van der Waals surface area contributed by atoms with Crippen molar-refractivity contribution in [3.63, 3.8) is 0 Å². The van der Waals surface area contributed by atoms with Gasteiger partial charge in [-0.15, -0.1) is 0 Å². The Hall–Kier alpha value is -2.09. The van der Waals surface area contributed by atoms with Gasteiger partial charge in [0.25, 0.3) is 0 Å². The third-order valence-electron chi connectivity index (χ3n) is 1.86. The molecule has 0 bridgehead atoms. The van der Waals surface area contributed by atoms with Crippen molar-refractivity contribution in [3.05, 3.63) is 29.6 Å². The number of carbonyl (C=O) groups is 1. The smallest absolute Gasteiger partial charge is 0.410 e. The first kappa shape index (κ1) is 12.0. The Morgan fingerprint density at radius 3 is 2.81 bits per heavy atom. The van der Waals surface area contributed by atoms with Gasteiger partial charge in [0.05, 0.1) is 12.5 Å². The number of rotatable bonds is 2. The summed E-state index contributed by atoms with van der Waals surface area (Å²) in [6.45, 7) is 0. The largest absolute Gasteiger partial charge is 0.414 e. The third-order valence-corrected chi connectivity index (χ3v) is 1.86. The molecule has 1 amide bonds. The zero-order chi connectivity index (χ0) is 12.1. The molecular weight excluding hydrogens is 211 g/mol. The van der Waals surface area contributed by atoms with Gasteiger partial charge in [-0.05, 0) is 6.07 Å². The number of carbonyl (C=O) groups excluding carboxylic acids is 1. The van der Waals surface area contributed by atoms with Crippen LogP contribution in [0.25, 0.3) is 0 Å². The maximum atomic E-state index is 13.0. The minimum Gasteiger partial charge on any atom is -0.410 e. The van der Waals surface area contributed by atoms with Gasteiger partial charge in [-0.3, -0.25) is 0 Å². The van der Waals surface area contributed by atoms with Gasteiger partial charge < -0.3 is 9.64 Å². The lowest BCUT2D eigenvalue weighted by Gasteiger charge is -2.12. The van der Waals surface area contributed by atoms with Crippen molar-refractivity contribution in [1.29, 1.82) is 5.26 Å². The van der Waals surface area contributed by atoms with E-state index in [9.17, 15) is 9.18 Å². The molecule has 0 aliphatic carbocycles. The van der Waals surface area contributed by atoms with E-state index in [4.69, 9.17) is 10.00 Å². The van der Waals surface area contributed by atoms with Gasteiger partial charge in [0.1, 0.15) is 11.6 Å². The molecule has 0 saturated heterocycles. The van der Waals surface area contributed by atoms with Crippen molar-refractivity contribution in [2.45, 2.75) is 6.42 Å². The molecule has 1 aromatic carbocycles. The first-order valence-corrected chi connectivity index (χ1v) is 4.59. The minimum atomic E-state index is -0.607. The van der Waals surface area contributed by atoms with Crippen LogP contribution in [0, 0.1) is 17.1 Å². The number of nitrogens with zero attached hydrogens (tertiary/aromatic N) is 2.